The van der Waals surface area contributed by atoms with Gasteiger partial charge in [-0.2, -0.15) is 0 Å². The summed E-state index contributed by atoms with van der Waals surface area (Å²) in [6.07, 6.45) is 2.44. The van der Waals surface area contributed by atoms with Crippen LogP contribution >= 0.6 is 0 Å². The highest BCUT2D eigenvalue weighted by Gasteiger charge is 2.16. The molecule has 0 aliphatic carbocycles. The first-order valence-electron chi connectivity index (χ1n) is 5.41. The Morgan fingerprint density at radius 3 is 2.81 bits per heavy atom. The van der Waals surface area contributed by atoms with Crippen molar-refractivity contribution in [3.8, 4) is 5.75 Å². The first kappa shape index (κ1) is 12.5. The Balaban J connectivity index is 2.67. The van der Waals surface area contributed by atoms with Crippen molar-refractivity contribution in [1.29, 1.82) is 0 Å². The largest absolute Gasteiger partial charge is 0.505 e. The van der Waals surface area contributed by atoms with Gasteiger partial charge in [0.1, 0.15) is 5.75 Å². The minimum Gasteiger partial charge on any atom is -0.505 e. The Morgan fingerprint density at radius 1 is 1.56 bits per heavy atom. The van der Waals surface area contributed by atoms with Gasteiger partial charge in [0.2, 0.25) is 0 Å². The topological polar surface area (TPSA) is 53.4 Å². The van der Waals surface area contributed by atoms with Gasteiger partial charge in [-0.15, -0.1) is 0 Å². The van der Waals surface area contributed by atoms with Crippen LogP contribution in [0.2, 0.25) is 0 Å². The Labute approximate surface area is 95.9 Å². The van der Waals surface area contributed by atoms with Gasteiger partial charge in [-0.3, -0.25) is 4.79 Å². The van der Waals surface area contributed by atoms with Gasteiger partial charge in [-0.05, 0) is 24.5 Å². The average Bonchev–Trinajstić information content (AvgIpc) is 2.25. The van der Waals surface area contributed by atoms with Crippen LogP contribution < -0.4 is 0 Å². The van der Waals surface area contributed by atoms with Crippen molar-refractivity contribution in [3.05, 3.63) is 24.0 Å². The first-order chi connectivity index (χ1) is 7.52. The lowest BCUT2D eigenvalue weighted by atomic mass is 10.1. The summed E-state index contributed by atoms with van der Waals surface area (Å²) in [7, 11) is 1.72. The standard InChI is InChI=1S/C12H18N2O2/c1-9(2)6-8-14(3)12(16)11-10(15)5-4-7-13-11/h4-5,7,9,15H,6,8H2,1-3H3. The molecule has 0 spiro atoms. The van der Waals surface area contributed by atoms with E-state index in [0.29, 0.717) is 12.5 Å². The molecule has 1 amide bonds. The van der Waals surface area contributed by atoms with Crippen molar-refractivity contribution >= 4 is 5.91 Å². The molecular formula is C12H18N2O2. The van der Waals surface area contributed by atoms with Gasteiger partial charge in [0.05, 0.1) is 0 Å². The molecule has 1 heterocycles. The zero-order valence-electron chi connectivity index (χ0n) is 9.97. The molecule has 1 aromatic heterocycles. The van der Waals surface area contributed by atoms with Crippen molar-refractivity contribution < 1.29 is 9.90 Å². The fourth-order valence-electron chi connectivity index (χ4n) is 1.30. The van der Waals surface area contributed by atoms with Crippen LogP contribution in [0.25, 0.3) is 0 Å². The summed E-state index contributed by atoms with van der Waals surface area (Å²) in [5.41, 5.74) is 0.119. The molecule has 4 heteroatoms. The van der Waals surface area contributed by atoms with Crippen LogP contribution in [0.5, 0.6) is 5.75 Å². The number of hydrogen-bond acceptors (Lipinski definition) is 3. The van der Waals surface area contributed by atoms with Crippen LogP contribution in [0.3, 0.4) is 0 Å². The second kappa shape index (κ2) is 5.49. The summed E-state index contributed by atoms with van der Waals surface area (Å²) in [6, 6.07) is 3.07. The van der Waals surface area contributed by atoms with E-state index in [0.717, 1.165) is 6.42 Å². The number of hydrogen-bond donors (Lipinski definition) is 1. The summed E-state index contributed by atoms with van der Waals surface area (Å²) in [5, 5.41) is 9.50. The number of aromatic nitrogens is 1. The highest BCUT2D eigenvalue weighted by molar-refractivity contribution is 5.94. The van der Waals surface area contributed by atoms with E-state index in [1.807, 2.05) is 0 Å². The zero-order chi connectivity index (χ0) is 12.1. The molecule has 0 bridgehead atoms. The van der Waals surface area contributed by atoms with E-state index in [1.54, 1.807) is 18.0 Å². The lowest BCUT2D eigenvalue weighted by Gasteiger charge is -2.18. The monoisotopic (exact) mass is 222 g/mol. The summed E-state index contributed by atoms with van der Waals surface area (Å²) in [6.45, 7) is 4.89. The van der Waals surface area contributed by atoms with Gasteiger partial charge in [0, 0.05) is 19.8 Å². The highest BCUT2D eigenvalue weighted by Crippen LogP contribution is 2.14. The molecule has 0 saturated heterocycles. The Kier molecular flexibility index (Phi) is 4.28. The van der Waals surface area contributed by atoms with E-state index < -0.39 is 0 Å². The molecule has 0 saturated carbocycles. The van der Waals surface area contributed by atoms with Gasteiger partial charge in [-0.25, -0.2) is 4.98 Å². The number of amides is 1. The summed E-state index contributed by atoms with van der Waals surface area (Å²) in [4.78, 5) is 17.4. The first-order valence-corrected chi connectivity index (χ1v) is 5.41. The van der Waals surface area contributed by atoms with Crippen molar-refractivity contribution in [1.82, 2.24) is 9.88 Å². The second-order valence-electron chi connectivity index (χ2n) is 4.28. The maximum atomic E-state index is 11.9. The van der Waals surface area contributed by atoms with Crippen LogP contribution in [-0.2, 0) is 0 Å². The minimum absolute atomic E-state index is 0.0658. The molecule has 0 radical (unpaired) electrons. The number of pyridine rings is 1. The van der Waals surface area contributed by atoms with Crippen LogP contribution in [0.15, 0.2) is 18.3 Å². The molecule has 0 unspecified atom stereocenters. The summed E-state index contributed by atoms with van der Waals surface area (Å²) in [5.74, 6) is 0.246. The van der Waals surface area contributed by atoms with E-state index in [2.05, 4.69) is 18.8 Å². The lowest BCUT2D eigenvalue weighted by molar-refractivity contribution is 0.0780. The van der Waals surface area contributed by atoms with Crippen LogP contribution in [0.1, 0.15) is 30.8 Å². The second-order valence-corrected chi connectivity index (χ2v) is 4.28. The van der Waals surface area contributed by atoms with E-state index in [-0.39, 0.29) is 17.4 Å². The molecule has 16 heavy (non-hydrogen) atoms. The molecular weight excluding hydrogens is 204 g/mol. The summed E-state index contributed by atoms with van der Waals surface area (Å²) >= 11 is 0. The SMILES string of the molecule is CC(C)CCN(C)C(=O)c1ncccc1O. The predicted molar refractivity (Wildman–Crippen MR) is 62.3 cm³/mol. The van der Waals surface area contributed by atoms with Gasteiger partial charge in [0.25, 0.3) is 5.91 Å². The van der Waals surface area contributed by atoms with E-state index >= 15 is 0 Å². The van der Waals surface area contributed by atoms with Crippen molar-refractivity contribution in [2.45, 2.75) is 20.3 Å². The van der Waals surface area contributed by atoms with Crippen molar-refractivity contribution in [2.75, 3.05) is 13.6 Å². The predicted octanol–water partition coefficient (Wildman–Crippen LogP) is 1.91. The quantitative estimate of drug-likeness (QED) is 0.846. The number of rotatable bonds is 4. The Morgan fingerprint density at radius 2 is 2.25 bits per heavy atom. The average molecular weight is 222 g/mol. The molecule has 4 nitrogen and oxygen atoms in total. The maximum absolute atomic E-state index is 11.9. The van der Waals surface area contributed by atoms with Gasteiger partial charge >= 0.3 is 0 Å². The van der Waals surface area contributed by atoms with Crippen LogP contribution in [0, 0.1) is 5.92 Å². The molecule has 0 aromatic carbocycles. The summed E-state index contributed by atoms with van der Waals surface area (Å²) < 4.78 is 0. The molecule has 0 atom stereocenters. The Bertz CT molecular complexity index is 364. The van der Waals surface area contributed by atoms with Crippen LogP contribution in [-0.4, -0.2) is 34.5 Å². The highest BCUT2D eigenvalue weighted by atomic mass is 16.3. The third-order valence-electron chi connectivity index (χ3n) is 2.38. The Hall–Kier alpha value is -1.58. The van der Waals surface area contributed by atoms with Crippen molar-refractivity contribution in [3.63, 3.8) is 0 Å². The smallest absolute Gasteiger partial charge is 0.276 e. The van der Waals surface area contributed by atoms with Gasteiger partial charge in [0.15, 0.2) is 5.69 Å². The van der Waals surface area contributed by atoms with E-state index in [1.165, 1.54) is 12.3 Å². The minimum atomic E-state index is -0.237. The lowest BCUT2D eigenvalue weighted by Crippen LogP contribution is -2.29. The molecule has 1 N–H and O–H groups in total. The fraction of sp³-hybridized carbons (Fsp3) is 0.500. The number of carbonyl (C=O) groups is 1. The number of nitrogens with zero attached hydrogens (tertiary/aromatic N) is 2. The molecule has 0 aliphatic heterocycles. The molecule has 0 fully saturated rings. The number of carbonyl (C=O) groups excluding carboxylic acids is 1. The molecule has 1 rings (SSSR count). The van der Waals surface area contributed by atoms with Crippen LogP contribution in [0.4, 0.5) is 0 Å². The fourth-order valence-corrected chi connectivity index (χ4v) is 1.30. The van der Waals surface area contributed by atoms with E-state index in [4.69, 9.17) is 0 Å². The molecule has 88 valence electrons. The maximum Gasteiger partial charge on any atom is 0.276 e. The number of aromatic hydroxyl groups is 1. The normalized spacial score (nSPS) is 10.5. The van der Waals surface area contributed by atoms with E-state index in [9.17, 15) is 9.90 Å². The molecule has 1 aromatic rings. The van der Waals surface area contributed by atoms with Crippen molar-refractivity contribution in [2.24, 2.45) is 5.92 Å². The van der Waals surface area contributed by atoms with Gasteiger partial charge in [-0.1, -0.05) is 13.8 Å². The van der Waals surface area contributed by atoms with Gasteiger partial charge < -0.3 is 10.0 Å². The molecule has 0 aliphatic rings. The zero-order valence-corrected chi connectivity index (χ0v) is 9.97. The third kappa shape index (κ3) is 3.22. The third-order valence-corrected chi connectivity index (χ3v) is 2.38.